The second kappa shape index (κ2) is 6.53. The molecule has 1 amide bonds. The van der Waals surface area contributed by atoms with Crippen LogP contribution in [0, 0.1) is 11.3 Å². The Morgan fingerprint density at radius 2 is 2.17 bits per heavy atom. The number of amides is 1. The zero-order valence-electron chi connectivity index (χ0n) is 12.3. The fraction of sp³-hybridized carbons (Fsp3) is 0.929. The Kier molecular flexibility index (Phi) is 5.60. The third kappa shape index (κ3) is 4.94. The summed E-state index contributed by atoms with van der Waals surface area (Å²) in [5.74, 6) is 0.749. The summed E-state index contributed by atoms with van der Waals surface area (Å²) >= 11 is 0. The molecule has 0 spiro atoms. The van der Waals surface area contributed by atoms with Crippen molar-refractivity contribution in [1.82, 2.24) is 10.2 Å². The zero-order chi connectivity index (χ0) is 13.8. The van der Waals surface area contributed by atoms with Crippen LogP contribution in [0.15, 0.2) is 0 Å². The van der Waals surface area contributed by atoms with E-state index in [0.717, 1.165) is 25.6 Å². The molecule has 2 atom stereocenters. The molecule has 4 nitrogen and oxygen atoms in total. The third-order valence-corrected chi connectivity index (χ3v) is 3.68. The van der Waals surface area contributed by atoms with E-state index < -0.39 is 6.04 Å². The van der Waals surface area contributed by atoms with E-state index in [1.165, 1.54) is 12.8 Å². The van der Waals surface area contributed by atoms with Crippen LogP contribution in [0.4, 0.5) is 0 Å². The third-order valence-electron chi connectivity index (χ3n) is 3.68. The number of nitrogens with zero attached hydrogens (tertiary/aromatic N) is 1. The van der Waals surface area contributed by atoms with E-state index >= 15 is 0 Å². The molecule has 0 bridgehead atoms. The van der Waals surface area contributed by atoms with Gasteiger partial charge < -0.3 is 16.0 Å². The highest BCUT2D eigenvalue weighted by Gasteiger charge is 2.27. The van der Waals surface area contributed by atoms with Crippen LogP contribution < -0.4 is 11.1 Å². The summed E-state index contributed by atoms with van der Waals surface area (Å²) in [6.45, 7) is 12.2. The van der Waals surface area contributed by atoms with Crippen LogP contribution in [-0.4, -0.2) is 43.0 Å². The molecule has 0 saturated carbocycles. The molecule has 1 saturated heterocycles. The maximum atomic E-state index is 11.8. The minimum atomic E-state index is -0.433. The maximum absolute atomic E-state index is 11.8. The second-order valence-electron chi connectivity index (χ2n) is 6.68. The van der Waals surface area contributed by atoms with E-state index in [1.807, 2.05) is 20.8 Å². The van der Waals surface area contributed by atoms with Gasteiger partial charge in [0.1, 0.15) is 0 Å². The Hall–Kier alpha value is -0.610. The first-order valence-electron chi connectivity index (χ1n) is 7.06. The summed E-state index contributed by atoms with van der Waals surface area (Å²) in [4.78, 5) is 14.3. The lowest BCUT2D eigenvalue weighted by atomic mass is 9.87. The zero-order valence-corrected chi connectivity index (χ0v) is 12.3. The normalized spacial score (nSPS) is 23.7. The topological polar surface area (TPSA) is 58.4 Å². The van der Waals surface area contributed by atoms with Crippen LogP contribution in [0.25, 0.3) is 0 Å². The lowest BCUT2D eigenvalue weighted by molar-refractivity contribution is -0.124. The SMILES string of the molecule is CC1CCCN(CCNC(=O)[C@@H](N)C(C)(C)C)C1. The standard InChI is InChI=1S/C14H29N3O/c1-11-6-5-8-17(10-11)9-7-16-13(18)12(15)14(2,3)4/h11-12H,5-10,15H2,1-4H3,(H,16,18)/t11?,12-/m1/s1. The van der Waals surface area contributed by atoms with Crippen molar-refractivity contribution in [2.24, 2.45) is 17.1 Å². The summed E-state index contributed by atoms with van der Waals surface area (Å²) in [5, 5.41) is 2.95. The van der Waals surface area contributed by atoms with E-state index in [4.69, 9.17) is 5.73 Å². The summed E-state index contributed by atoms with van der Waals surface area (Å²) in [7, 11) is 0. The highest BCUT2D eigenvalue weighted by Crippen LogP contribution is 2.17. The lowest BCUT2D eigenvalue weighted by Gasteiger charge is -2.31. The van der Waals surface area contributed by atoms with Crippen LogP contribution in [0.3, 0.4) is 0 Å². The van der Waals surface area contributed by atoms with Crippen molar-refractivity contribution in [1.29, 1.82) is 0 Å². The highest BCUT2D eigenvalue weighted by atomic mass is 16.2. The van der Waals surface area contributed by atoms with Gasteiger partial charge in [0.2, 0.25) is 5.91 Å². The van der Waals surface area contributed by atoms with Gasteiger partial charge in [-0.1, -0.05) is 27.7 Å². The van der Waals surface area contributed by atoms with Crippen LogP contribution in [-0.2, 0) is 4.79 Å². The van der Waals surface area contributed by atoms with Crippen LogP contribution >= 0.6 is 0 Å². The Morgan fingerprint density at radius 1 is 1.50 bits per heavy atom. The highest BCUT2D eigenvalue weighted by molar-refractivity contribution is 5.82. The van der Waals surface area contributed by atoms with Crippen molar-refractivity contribution in [3.8, 4) is 0 Å². The van der Waals surface area contributed by atoms with E-state index in [1.54, 1.807) is 0 Å². The molecule has 1 aliphatic heterocycles. The maximum Gasteiger partial charge on any atom is 0.237 e. The van der Waals surface area contributed by atoms with Gasteiger partial charge in [-0.25, -0.2) is 0 Å². The second-order valence-corrected chi connectivity index (χ2v) is 6.68. The molecule has 0 aromatic rings. The number of rotatable bonds is 4. The van der Waals surface area contributed by atoms with Gasteiger partial charge in [0.15, 0.2) is 0 Å². The molecule has 3 N–H and O–H groups in total. The molecule has 1 rings (SSSR count). The average Bonchev–Trinajstić information content (AvgIpc) is 2.26. The number of hydrogen-bond acceptors (Lipinski definition) is 3. The smallest absolute Gasteiger partial charge is 0.237 e. The molecule has 18 heavy (non-hydrogen) atoms. The van der Waals surface area contributed by atoms with Gasteiger partial charge >= 0.3 is 0 Å². The van der Waals surface area contributed by atoms with Gasteiger partial charge in [-0.15, -0.1) is 0 Å². The average molecular weight is 255 g/mol. The van der Waals surface area contributed by atoms with Crippen molar-refractivity contribution in [2.75, 3.05) is 26.2 Å². The van der Waals surface area contributed by atoms with Gasteiger partial charge in [-0.2, -0.15) is 0 Å². The van der Waals surface area contributed by atoms with Crippen molar-refractivity contribution in [2.45, 2.75) is 46.6 Å². The van der Waals surface area contributed by atoms with Crippen LogP contribution in [0.5, 0.6) is 0 Å². The first-order chi connectivity index (χ1) is 8.30. The van der Waals surface area contributed by atoms with Crippen molar-refractivity contribution in [3.05, 3.63) is 0 Å². The fourth-order valence-corrected chi connectivity index (χ4v) is 2.33. The first kappa shape index (κ1) is 15.4. The van der Waals surface area contributed by atoms with Gasteiger partial charge in [0.05, 0.1) is 6.04 Å². The number of likely N-dealkylation sites (tertiary alicyclic amines) is 1. The molecule has 1 unspecified atom stereocenters. The minimum absolute atomic E-state index is 0.0347. The molecule has 4 heteroatoms. The molecular weight excluding hydrogens is 226 g/mol. The molecule has 1 fully saturated rings. The molecule has 106 valence electrons. The number of nitrogens with one attached hydrogen (secondary N) is 1. The van der Waals surface area contributed by atoms with Gasteiger partial charge in [-0.3, -0.25) is 4.79 Å². The molecule has 0 aromatic carbocycles. The minimum Gasteiger partial charge on any atom is -0.353 e. The Labute approximate surface area is 111 Å². The van der Waals surface area contributed by atoms with Crippen LogP contribution in [0.1, 0.15) is 40.5 Å². The Bertz CT molecular complexity index is 273. The predicted octanol–water partition coefficient (Wildman–Crippen LogP) is 1.21. The predicted molar refractivity (Wildman–Crippen MR) is 75.3 cm³/mol. The lowest BCUT2D eigenvalue weighted by Crippen LogP contribution is -2.50. The largest absolute Gasteiger partial charge is 0.353 e. The molecule has 1 aliphatic rings. The van der Waals surface area contributed by atoms with Crippen molar-refractivity contribution >= 4 is 5.91 Å². The Balaban J connectivity index is 2.23. The van der Waals surface area contributed by atoms with Crippen LogP contribution in [0.2, 0.25) is 0 Å². The number of carbonyl (C=O) groups excluding carboxylic acids is 1. The van der Waals surface area contributed by atoms with Gasteiger partial charge in [0.25, 0.3) is 0 Å². The monoisotopic (exact) mass is 255 g/mol. The summed E-state index contributed by atoms with van der Waals surface area (Å²) in [6, 6.07) is -0.433. The molecule has 1 heterocycles. The molecule has 0 radical (unpaired) electrons. The van der Waals surface area contributed by atoms with Gasteiger partial charge in [0, 0.05) is 19.6 Å². The van der Waals surface area contributed by atoms with E-state index in [0.29, 0.717) is 6.54 Å². The van der Waals surface area contributed by atoms with E-state index in [2.05, 4.69) is 17.1 Å². The number of nitrogens with two attached hydrogens (primary N) is 1. The first-order valence-corrected chi connectivity index (χ1v) is 7.06. The number of piperidine rings is 1. The fourth-order valence-electron chi connectivity index (χ4n) is 2.33. The van der Waals surface area contributed by atoms with Gasteiger partial charge in [-0.05, 0) is 30.7 Å². The summed E-state index contributed by atoms with van der Waals surface area (Å²) in [5.41, 5.74) is 5.73. The van der Waals surface area contributed by atoms with E-state index in [9.17, 15) is 4.79 Å². The molecule has 0 aromatic heterocycles. The van der Waals surface area contributed by atoms with Crippen molar-refractivity contribution < 1.29 is 4.79 Å². The summed E-state index contributed by atoms with van der Waals surface area (Å²) < 4.78 is 0. The summed E-state index contributed by atoms with van der Waals surface area (Å²) in [6.07, 6.45) is 2.61. The Morgan fingerprint density at radius 3 is 2.72 bits per heavy atom. The number of carbonyl (C=O) groups is 1. The van der Waals surface area contributed by atoms with Crippen molar-refractivity contribution in [3.63, 3.8) is 0 Å². The number of hydrogen-bond donors (Lipinski definition) is 2. The molecule has 0 aliphatic carbocycles. The molecular formula is C14H29N3O. The van der Waals surface area contributed by atoms with E-state index in [-0.39, 0.29) is 11.3 Å². The quantitative estimate of drug-likeness (QED) is 0.794.